The monoisotopic (exact) mass is 388 g/mol. The van der Waals surface area contributed by atoms with Crippen molar-refractivity contribution in [2.45, 2.75) is 17.3 Å². The van der Waals surface area contributed by atoms with E-state index in [2.05, 4.69) is 5.32 Å². The molecule has 2 aromatic carbocycles. The van der Waals surface area contributed by atoms with E-state index in [-0.39, 0.29) is 5.69 Å². The third-order valence-corrected chi connectivity index (χ3v) is 4.79. The number of carbonyl (C=O) groups is 1. The molecular weight excluding hydrogens is 377 g/mol. The van der Waals surface area contributed by atoms with Crippen molar-refractivity contribution in [3.63, 3.8) is 0 Å². The third-order valence-electron chi connectivity index (χ3n) is 3.31. The van der Waals surface area contributed by atoms with E-state index in [0.29, 0.717) is 17.7 Å². The second kappa shape index (κ2) is 6.75. The molecule has 0 unspecified atom stereocenters. The number of hydrogen-bond acceptors (Lipinski definition) is 5. The van der Waals surface area contributed by atoms with E-state index in [0.717, 1.165) is 12.1 Å². The summed E-state index contributed by atoms with van der Waals surface area (Å²) < 4.78 is 60.7. The summed E-state index contributed by atoms with van der Waals surface area (Å²) in [5, 5.41) is 13.2. The Hall–Kier alpha value is -2.95. The van der Waals surface area contributed by atoms with Gasteiger partial charge in [0.1, 0.15) is 5.69 Å². The number of carbonyl (C=O) groups excluding carboxylic acids is 1. The van der Waals surface area contributed by atoms with Crippen LogP contribution in [0.25, 0.3) is 0 Å². The maximum Gasteiger partial charge on any atom is 0.501 e. The first kappa shape index (κ1) is 19.4. The Kier molecular flexibility index (Phi) is 5.03. The minimum atomic E-state index is -5.62. The molecule has 0 fully saturated rings. The molecule has 2 rings (SSSR count). The molecule has 0 heterocycles. The molecule has 0 spiro atoms. The van der Waals surface area contributed by atoms with Crippen molar-refractivity contribution in [1.82, 2.24) is 0 Å². The predicted octanol–water partition coefficient (Wildman–Crippen LogP) is 3.45. The van der Waals surface area contributed by atoms with Crippen LogP contribution < -0.4 is 5.32 Å². The molecule has 138 valence electrons. The number of benzene rings is 2. The quantitative estimate of drug-likeness (QED) is 0.638. The summed E-state index contributed by atoms with van der Waals surface area (Å²) in [6, 6.07) is 7.28. The predicted molar refractivity (Wildman–Crippen MR) is 85.5 cm³/mol. The van der Waals surface area contributed by atoms with Crippen molar-refractivity contribution in [3.8, 4) is 0 Å². The SMILES string of the molecule is Cc1ccc(NC(=O)c2cccc(S(=O)(=O)C(F)(F)F)c2)c([N+](=O)[O-])c1. The summed E-state index contributed by atoms with van der Waals surface area (Å²) in [6.45, 7) is 1.60. The number of nitrogens with one attached hydrogen (secondary N) is 1. The molecule has 0 saturated carbocycles. The molecule has 0 bridgehead atoms. The van der Waals surface area contributed by atoms with Gasteiger partial charge in [0.15, 0.2) is 0 Å². The van der Waals surface area contributed by atoms with Gasteiger partial charge >= 0.3 is 5.51 Å². The van der Waals surface area contributed by atoms with Gasteiger partial charge in [0, 0.05) is 11.6 Å². The lowest BCUT2D eigenvalue weighted by Crippen LogP contribution is -2.23. The van der Waals surface area contributed by atoms with Gasteiger partial charge in [0.2, 0.25) is 0 Å². The van der Waals surface area contributed by atoms with Gasteiger partial charge in [-0.3, -0.25) is 14.9 Å². The Morgan fingerprint density at radius 1 is 1.15 bits per heavy atom. The van der Waals surface area contributed by atoms with E-state index in [4.69, 9.17) is 0 Å². The molecule has 26 heavy (non-hydrogen) atoms. The van der Waals surface area contributed by atoms with Crippen LogP contribution in [0, 0.1) is 17.0 Å². The van der Waals surface area contributed by atoms with Crippen molar-refractivity contribution in [1.29, 1.82) is 0 Å². The van der Waals surface area contributed by atoms with Crippen LogP contribution in [0.3, 0.4) is 0 Å². The first-order valence-electron chi connectivity index (χ1n) is 6.91. The standard InChI is InChI=1S/C15H11F3N2O5S/c1-9-5-6-12(13(7-9)20(22)23)19-14(21)10-3-2-4-11(8-10)26(24,25)15(16,17)18/h2-8H,1H3,(H,19,21). The molecule has 0 atom stereocenters. The maximum atomic E-state index is 12.6. The maximum absolute atomic E-state index is 12.6. The van der Waals surface area contributed by atoms with Gasteiger partial charge in [-0.25, -0.2) is 8.42 Å². The van der Waals surface area contributed by atoms with E-state index >= 15 is 0 Å². The summed E-state index contributed by atoms with van der Waals surface area (Å²) in [5.41, 5.74) is -5.93. The number of halogens is 3. The average Bonchev–Trinajstić information content (AvgIpc) is 2.55. The molecule has 1 N–H and O–H groups in total. The smallest absolute Gasteiger partial charge is 0.316 e. The minimum Gasteiger partial charge on any atom is -0.316 e. The second-order valence-electron chi connectivity index (χ2n) is 5.21. The van der Waals surface area contributed by atoms with Crippen molar-refractivity contribution in [2.24, 2.45) is 0 Å². The summed E-state index contributed by atoms with van der Waals surface area (Å²) in [5.74, 6) is -0.990. The number of nitrogens with zero attached hydrogens (tertiary/aromatic N) is 1. The zero-order valence-corrected chi connectivity index (χ0v) is 13.9. The highest BCUT2D eigenvalue weighted by Crippen LogP contribution is 2.31. The zero-order valence-electron chi connectivity index (χ0n) is 13.1. The molecule has 1 amide bonds. The van der Waals surface area contributed by atoms with Crippen molar-refractivity contribution < 1.29 is 31.3 Å². The molecule has 2 aromatic rings. The average molecular weight is 388 g/mol. The fourth-order valence-corrected chi connectivity index (χ4v) is 2.84. The topological polar surface area (TPSA) is 106 Å². The van der Waals surface area contributed by atoms with Crippen LogP contribution in [0.5, 0.6) is 0 Å². The number of sulfone groups is 1. The number of alkyl halides is 3. The van der Waals surface area contributed by atoms with E-state index < -0.39 is 42.3 Å². The Morgan fingerprint density at radius 2 is 1.81 bits per heavy atom. The molecule has 0 aliphatic heterocycles. The molecule has 11 heteroatoms. The summed E-state index contributed by atoms with van der Waals surface area (Å²) in [4.78, 5) is 21.4. The Balaban J connectivity index is 2.39. The number of rotatable bonds is 4. The lowest BCUT2D eigenvalue weighted by atomic mass is 10.1. The zero-order chi connectivity index (χ0) is 19.7. The fraction of sp³-hybridized carbons (Fsp3) is 0.133. The van der Waals surface area contributed by atoms with E-state index in [1.165, 1.54) is 18.2 Å². The molecule has 0 radical (unpaired) electrons. The van der Waals surface area contributed by atoms with E-state index in [1.807, 2.05) is 0 Å². The van der Waals surface area contributed by atoms with Gasteiger partial charge in [-0.05, 0) is 36.8 Å². The second-order valence-corrected chi connectivity index (χ2v) is 7.15. The van der Waals surface area contributed by atoms with Crippen LogP contribution in [-0.4, -0.2) is 24.8 Å². The Bertz CT molecular complexity index is 987. The van der Waals surface area contributed by atoms with Gasteiger partial charge in [0.25, 0.3) is 21.4 Å². The first-order valence-corrected chi connectivity index (χ1v) is 8.39. The first-order chi connectivity index (χ1) is 11.9. The highest BCUT2D eigenvalue weighted by Gasteiger charge is 2.47. The summed E-state index contributed by atoms with van der Waals surface area (Å²) >= 11 is 0. The fourth-order valence-electron chi connectivity index (χ4n) is 2.03. The summed E-state index contributed by atoms with van der Waals surface area (Å²) in [6.07, 6.45) is 0. The van der Waals surface area contributed by atoms with Gasteiger partial charge < -0.3 is 5.32 Å². The number of hydrogen-bond donors (Lipinski definition) is 1. The Morgan fingerprint density at radius 3 is 2.38 bits per heavy atom. The van der Waals surface area contributed by atoms with Crippen LogP contribution in [-0.2, 0) is 9.84 Å². The molecule has 7 nitrogen and oxygen atoms in total. The van der Waals surface area contributed by atoms with E-state index in [1.54, 1.807) is 6.92 Å². The lowest BCUT2D eigenvalue weighted by Gasteiger charge is -2.10. The number of nitro benzene ring substituents is 1. The van der Waals surface area contributed by atoms with Gasteiger partial charge in [-0.1, -0.05) is 12.1 Å². The van der Waals surface area contributed by atoms with Gasteiger partial charge in [-0.2, -0.15) is 13.2 Å². The minimum absolute atomic E-state index is 0.172. The summed E-state index contributed by atoms with van der Waals surface area (Å²) in [7, 11) is -5.62. The third kappa shape index (κ3) is 3.82. The molecule has 0 aromatic heterocycles. The van der Waals surface area contributed by atoms with Crippen molar-refractivity contribution in [2.75, 3.05) is 5.32 Å². The molecule has 0 aliphatic rings. The number of nitro groups is 1. The lowest BCUT2D eigenvalue weighted by molar-refractivity contribution is -0.384. The Labute approximate surface area is 145 Å². The number of amides is 1. The highest BCUT2D eigenvalue weighted by atomic mass is 32.2. The molecular formula is C15H11F3N2O5S. The van der Waals surface area contributed by atoms with Crippen molar-refractivity contribution in [3.05, 3.63) is 63.7 Å². The van der Waals surface area contributed by atoms with Gasteiger partial charge in [0.05, 0.1) is 9.82 Å². The largest absolute Gasteiger partial charge is 0.501 e. The van der Waals surface area contributed by atoms with Crippen LogP contribution in [0.1, 0.15) is 15.9 Å². The van der Waals surface area contributed by atoms with Crippen molar-refractivity contribution >= 4 is 27.1 Å². The van der Waals surface area contributed by atoms with Crippen LogP contribution in [0.15, 0.2) is 47.4 Å². The normalized spacial score (nSPS) is 11.8. The highest BCUT2D eigenvalue weighted by molar-refractivity contribution is 7.92. The van der Waals surface area contributed by atoms with Crippen LogP contribution >= 0.6 is 0 Å². The number of anilines is 1. The van der Waals surface area contributed by atoms with Gasteiger partial charge in [-0.15, -0.1) is 0 Å². The molecule has 0 aliphatic carbocycles. The van der Waals surface area contributed by atoms with Crippen LogP contribution in [0.4, 0.5) is 24.5 Å². The van der Waals surface area contributed by atoms with E-state index in [9.17, 15) is 36.5 Å². The molecule has 0 saturated heterocycles. The van der Waals surface area contributed by atoms with Crippen LogP contribution in [0.2, 0.25) is 0 Å². The number of aryl methyl sites for hydroxylation is 1.